The fourth-order valence-electron chi connectivity index (χ4n) is 2.72. The minimum atomic E-state index is -0.627. The number of benzene rings is 1. The van der Waals surface area contributed by atoms with E-state index in [1.54, 1.807) is 18.2 Å². The molecule has 22 heavy (non-hydrogen) atoms. The molecule has 2 N–H and O–H groups in total. The number of morpholine rings is 1. The largest absolute Gasteiger partial charge is 0.366 e. The Morgan fingerprint density at radius 2 is 2.23 bits per heavy atom. The van der Waals surface area contributed by atoms with Crippen LogP contribution in [0.1, 0.15) is 6.42 Å². The second-order valence-electron chi connectivity index (χ2n) is 5.35. The standard InChI is InChI=1S/C15H18FN3O3/c16-10-3-1-2-4-12(10)19-7-5-11(15(19)21)18-14(20)13-9-17-6-8-22-13/h1-4,11,13,17H,5-9H2,(H,18,20)/t11-,13-/m1/s1. The van der Waals surface area contributed by atoms with Crippen molar-refractivity contribution in [2.45, 2.75) is 18.6 Å². The summed E-state index contributed by atoms with van der Waals surface area (Å²) < 4.78 is 19.1. The molecule has 0 aromatic heterocycles. The first-order valence-electron chi connectivity index (χ1n) is 7.35. The normalized spacial score (nSPS) is 25.3. The molecule has 2 saturated heterocycles. The van der Waals surface area contributed by atoms with Gasteiger partial charge < -0.3 is 20.3 Å². The first kappa shape index (κ1) is 14.9. The van der Waals surface area contributed by atoms with Gasteiger partial charge in [-0.15, -0.1) is 0 Å². The molecule has 0 aliphatic carbocycles. The minimum absolute atomic E-state index is 0.250. The molecule has 1 aromatic rings. The topological polar surface area (TPSA) is 70.7 Å². The molecule has 2 heterocycles. The van der Waals surface area contributed by atoms with Gasteiger partial charge >= 0.3 is 0 Å². The summed E-state index contributed by atoms with van der Waals surface area (Å²) in [6.45, 7) is 2.00. The summed E-state index contributed by atoms with van der Waals surface area (Å²) in [4.78, 5) is 25.8. The Morgan fingerprint density at radius 3 is 2.95 bits per heavy atom. The van der Waals surface area contributed by atoms with E-state index < -0.39 is 18.0 Å². The molecule has 2 atom stereocenters. The average molecular weight is 307 g/mol. The Labute approximate surface area is 127 Å². The highest BCUT2D eigenvalue weighted by Gasteiger charge is 2.36. The molecule has 118 valence electrons. The van der Waals surface area contributed by atoms with Crippen LogP contribution < -0.4 is 15.5 Å². The molecule has 0 saturated carbocycles. The van der Waals surface area contributed by atoms with Crippen molar-refractivity contribution in [2.75, 3.05) is 31.1 Å². The van der Waals surface area contributed by atoms with Crippen LogP contribution in [0, 0.1) is 5.82 Å². The van der Waals surface area contributed by atoms with Gasteiger partial charge in [-0.25, -0.2) is 4.39 Å². The van der Waals surface area contributed by atoms with Crippen molar-refractivity contribution in [1.29, 1.82) is 0 Å². The zero-order chi connectivity index (χ0) is 15.5. The van der Waals surface area contributed by atoms with E-state index in [2.05, 4.69) is 10.6 Å². The van der Waals surface area contributed by atoms with Crippen LogP contribution in [0.25, 0.3) is 0 Å². The van der Waals surface area contributed by atoms with Crippen molar-refractivity contribution in [2.24, 2.45) is 0 Å². The first-order valence-corrected chi connectivity index (χ1v) is 7.35. The van der Waals surface area contributed by atoms with Crippen LogP contribution >= 0.6 is 0 Å². The minimum Gasteiger partial charge on any atom is -0.366 e. The molecule has 0 unspecified atom stereocenters. The number of amides is 2. The molecule has 0 radical (unpaired) electrons. The second-order valence-corrected chi connectivity index (χ2v) is 5.35. The molecular formula is C15H18FN3O3. The molecule has 1 aromatic carbocycles. The fourth-order valence-corrected chi connectivity index (χ4v) is 2.72. The number of anilines is 1. The van der Waals surface area contributed by atoms with Gasteiger partial charge in [-0.2, -0.15) is 0 Å². The third-order valence-electron chi connectivity index (χ3n) is 3.89. The van der Waals surface area contributed by atoms with E-state index in [9.17, 15) is 14.0 Å². The number of nitrogens with one attached hydrogen (secondary N) is 2. The lowest BCUT2D eigenvalue weighted by atomic mass is 10.2. The number of rotatable bonds is 3. The Hall–Kier alpha value is -1.99. The summed E-state index contributed by atoms with van der Waals surface area (Å²) in [7, 11) is 0. The van der Waals surface area contributed by atoms with Gasteiger partial charge in [-0.1, -0.05) is 12.1 Å². The number of hydrogen-bond donors (Lipinski definition) is 2. The van der Waals surface area contributed by atoms with Crippen molar-refractivity contribution < 1.29 is 18.7 Å². The molecule has 2 aliphatic heterocycles. The van der Waals surface area contributed by atoms with Crippen LogP contribution in [0.5, 0.6) is 0 Å². The molecule has 2 amide bonds. The van der Waals surface area contributed by atoms with Crippen molar-refractivity contribution >= 4 is 17.5 Å². The molecular weight excluding hydrogens is 289 g/mol. The van der Waals surface area contributed by atoms with E-state index in [-0.39, 0.29) is 17.5 Å². The van der Waals surface area contributed by atoms with Crippen LogP contribution in [-0.4, -0.2) is 50.2 Å². The van der Waals surface area contributed by atoms with E-state index in [1.165, 1.54) is 11.0 Å². The summed E-state index contributed by atoms with van der Waals surface area (Å²) in [6, 6.07) is 5.50. The summed E-state index contributed by atoms with van der Waals surface area (Å²) in [5.41, 5.74) is 0.250. The van der Waals surface area contributed by atoms with Crippen molar-refractivity contribution in [3.8, 4) is 0 Å². The highest BCUT2D eigenvalue weighted by atomic mass is 19.1. The molecule has 2 fully saturated rings. The predicted octanol–water partition coefficient (Wildman–Crippen LogP) is 0.0356. The smallest absolute Gasteiger partial charge is 0.251 e. The van der Waals surface area contributed by atoms with E-state index in [4.69, 9.17) is 4.74 Å². The molecule has 2 aliphatic rings. The average Bonchev–Trinajstić information content (AvgIpc) is 2.90. The number of carbonyl (C=O) groups excluding carboxylic acids is 2. The zero-order valence-corrected chi connectivity index (χ0v) is 12.0. The van der Waals surface area contributed by atoms with Gasteiger partial charge in [0, 0.05) is 19.6 Å². The quantitative estimate of drug-likeness (QED) is 0.827. The Kier molecular flexibility index (Phi) is 4.35. The third-order valence-corrected chi connectivity index (χ3v) is 3.89. The van der Waals surface area contributed by atoms with Crippen LogP contribution in [0.3, 0.4) is 0 Å². The number of nitrogens with zero attached hydrogens (tertiary/aromatic N) is 1. The maximum atomic E-state index is 13.8. The first-order chi connectivity index (χ1) is 10.7. The number of para-hydroxylation sites is 1. The summed E-state index contributed by atoms with van der Waals surface area (Å²) in [6.07, 6.45) is -0.122. The lowest BCUT2D eigenvalue weighted by Gasteiger charge is -2.24. The number of hydrogen-bond acceptors (Lipinski definition) is 4. The van der Waals surface area contributed by atoms with Gasteiger partial charge in [0.15, 0.2) is 0 Å². The van der Waals surface area contributed by atoms with Crippen LogP contribution in [0.15, 0.2) is 24.3 Å². The predicted molar refractivity (Wildman–Crippen MR) is 77.9 cm³/mol. The zero-order valence-electron chi connectivity index (χ0n) is 12.0. The molecule has 3 rings (SSSR count). The van der Waals surface area contributed by atoms with Crippen molar-refractivity contribution in [3.63, 3.8) is 0 Å². The van der Waals surface area contributed by atoms with Crippen LogP contribution in [-0.2, 0) is 14.3 Å². The highest BCUT2D eigenvalue weighted by molar-refractivity contribution is 6.01. The second kappa shape index (κ2) is 6.41. The maximum Gasteiger partial charge on any atom is 0.251 e. The summed E-state index contributed by atoms with van der Waals surface area (Å²) in [5, 5.41) is 5.76. The molecule has 6 nitrogen and oxygen atoms in total. The van der Waals surface area contributed by atoms with Crippen LogP contribution in [0.2, 0.25) is 0 Å². The molecule has 7 heteroatoms. The van der Waals surface area contributed by atoms with E-state index >= 15 is 0 Å². The van der Waals surface area contributed by atoms with Gasteiger partial charge in [-0.3, -0.25) is 9.59 Å². The van der Waals surface area contributed by atoms with E-state index in [0.717, 1.165) is 0 Å². The van der Waals surface area contributed by atoms with Crippen molar-refractivity contribution in [1.82, 2.24) is 10.6 Å². The SMILES string of the molecule is O=C(N[C@@H]1CCN(c2ccccc2F)C1=O)[C@H]1CNCCO1. The van der Waals surface area contributed by atoms with Crippen molar-refractivity contribution in [3.05, 3.63) is 30.1 Å². The van der Waals surface area contributed by atoms with Gasteiger partial charge in [0.2, 0.25) is 5.91 Å². The number of halogens is 1. The van der Waals surface area contributed by atoms with E-state index in [0.29, 0.717) is 32.7 Å². The lowest BCUT2D eigenvalue weighted by Crippen LogP contribution is -2.51. The molecule has 0 spiro atoms. The number of carbonyl (C=O) groups is 2. The Balaban J connectivity index is 1.64. The van der Waals surface area contributed by atoms with Crippen LogP contribution in [0.4, 0.5) is 10.1 Å². The van der Waals surface area contributed by atoms with Gasteiger partial charge in [-0.05, 0) is 18.6 Å². The third kappa shape index (κ3) is 2.95. The lowest BCUT2D eigenvalue weighted by molar-refractivity contribution is -0.136. The summed E-state index contributed by atoms with van der Waals surface area (Å²) in [5.74, 6) is -1.04. The Morgan fingerprint density at radius 1 is 1.41 bits per heavy atom. The van der Waals surface area contributed by atoms with Gasteiger partial charge in [0.05, 0.1) is 12.3 Å². The maximum absolute atomic E-state index is 13.8. The monoisotopic (exact) mass is 307 g/mol. The van der Waals surface area contributed by atoms with E-state index in [1.807, 2.05) is 0 Å². The molecule has 0 bridgehead atoms. The number of ether oxygens (including phenoxy) is 1. The fraction of sp³-hybridized carbons (Fsp3) is 0.467. The van der Waals surface area contributed by atoms with Gasteiger partial charge in [0.1, 0.15) is 18.0 Å². The van der Waals surface area contributed by atoms with Gasteiger partial charge in [0.25, 0.3) is 5.91 Å². The summed E-state index contributed by atoms with van der Waals surface area (Å²) >= 11 is 0. The highest BCUT2D eigenvalue weighted by Crippen LogP contribution is 2.24. The Bertz CT molecular complexity index is 575.